The maximum absolute atomic E-state index is 13.0. The van der Waals surface area contributed by atoms with E-state index in [0.717, 1.165) is 31.9 Å². The average Bonchev–Trinajstić information content (AvgIpc) is 2.91. The summed E-state index contributed by atoms with van der Waals surface area (Å²) < 4.78 is 18.7. The van der Waals surface area contributed by atoms with Gasteiger partial charge in [-0.3, -0.25) is 4.90 Å². The predicted molar refractivity (Wildman–Crippen MR) is 84.8 cm³/mol. The van der Waals surface area contributed by atoms with Crippen molar-refractivity contribution in [3.05, 3.63) is 30.1 Å². The molecular formula is C16H24FN3O3. The Bertz CT molecular complexity index is 506. The molecule has 1 aromatic rings. The fourth-order valence-electron chi connectivity index (χ4n) is 3.55. The van der Waals surface area contributed by atoms with E-state index in [9.17, 15) is 14.6 Å². The highest BCUT2D eigenvalue weighted by atomic mass is 19.1. The third-order valence-corrected chi connectivity index (χ3v) is 4.80. The van der Waals surface area contributed by atoms with Gasteiger partial charge in [0.05, 0.1) is 18.8 Å². The molecule has 0 spiro atoms. The SMILES string of the molecule is NC[C@H]1O[C@@H](CO)[C@@H](O)[C@H]1N1CCN(c2ccc(F)cc2)CC1. The van der Waals surface area contributed by atoms with Gasteiger partial charge in [0.1, 0.15) is 18.0 Å². The minimum absolute atomic E-state index is 0.187. The average molecular weight is 325 g/mol. The first kappa shape index (κ1) is 16.6. The van der Waals surface area contributed by atoms with Gasteiger partial charge in [-0.2, -0.15) is 0 Å². The van der Waals surface area contributed by atoms with Gasteiger partial charge in [0, 0.05) is 38.4 Å². The van der Waals surface area contributed by atoms with Crippen LogP contribution in [0.15, 0.2) is 24.3 Å². The first-order valence-corrected chi connectivity index (χ1v) is 8.03. The first-order chi connectivity index (χ1) is 11.1. The molecule has 1 aromatic carbocycles. The van der Waals surface area contributed by atoms with Crippen LogP contribution in [-0.4, -0.2) is 78.8 Å². The van der Waals surface area contributed by atoms with Gasteiger partial charge < -0.3 is 25.6 Å². The Labute approximate surface area is 135 Å². The third kappa shape index (κ3) is 3.34. The van der Waals surface area contributed by atoms with E-state index < -0.39 is 12.2 Å². The second-order valence-electron chi connectivity index (χ2n) is 6.11. The number of nitrogens with two attached hydrogens (primary N) is 1. The topological polar surface area (TPSA) is 82.2 Å². The Kier molecular flexibility index (Phi) is 5.13. The summed E-state index contributed by atoms with van der Waals surface area (Å²) in [5.74, 6) is -0.237. The number of benzene rings is 1. The summed E-state index contributed by atoms with van der Waals surface area (Å²) in [6.45, 7) is 3.21. The van der Waals surface area contributed by atoms with Crippen LogP contribution in [0.5, 0.6) is 0 Å². The zero-order valence-electron chi connectivity index (χ0n) is 13.0. The number of hydrogen-bond donors (Lipinski definition) is 3. The van der Waals surface area contributed by atoms with Crippen molar-refractivity contribution in [2.45, 2.75) is 24.4 Å². The molecule has 2 saturated heterocycles. The molecule has 4 atom stereocenters. The van der Waals surface area contributed by atoms with E-state index >= 15 is 0 Å². The molecule has 0 saturated carbocycles. The van der Waals surface area contributed by atoms with Gasteiger partial charge in [-0.1, -0.05) is 0 Å². The molecule has 2 fully saturated rings. The summed E-state index contributed by atoms with van der Waals surface area (Å²) in [5.41, 5.74) is 6.75. The summed E-state index contributed by atoms with van der Waals surface area (Å²) in [6.07, 6.45) is -1.56. The van der Waals surface area contributed by atoms with Crippen molar-refractivity contribution in [2.75, 3.05) is 44.2 Å². The third-order valence-electron chi connectivity index (χ3n) is 4.80. The molecule has 0 amide bonds. The van der Waals surface area contributed by atoms with Crippen LogP contribution >= 0.6 is 0 Å². The normalized spacial score (nSPS) is 32.4. The molecule has 2 aliphatic heterocycles. The van der Waals surface area contributed by atoms with Crippen molar-refractivity contribution in [3.8, 4) is 0 Å². The standard InChI is InChI=1S/C16H24FN3O3/c17-11-1-3-12(4-2-11)19-5-7-20(8-6-19)15-13(9-18)23-14(10-21)16(15)22/h1-4,13-16,21-22H,5-10,18H2/t13-,14+,15+,16-/m1/s1. The lowest BCUT2D eigenvalue weighted by molar-refractivity contribution is -0.0193. The molecule has 23 heavy (non-hydrogen) atoms. The van der Waals surface area contributed by atoms with E-state index in [4.69, 9.17) is 10.5 Å². The van der Waals surface area contributed by atoms with Crippen LogP contribution in [0.2, 0.25) is 0 Å². The maximum atomic E-state index is 13.0. The number of aliphatic hydroxyl groups excluding tert-OH is 2. The highest BCUT2D eigenvalue weighted by molar-refractivity contribution is 5.46. The number of aliphatic hydroxyl groups is 2. The zero-order chi connectivity index (χ0) is 16.4. The smallest absolute Gasteiger partial charge is 0.123 e. The van der Waals surface area contributed by atoms with Gasteiger partial charge >= 0.3 is 0 Å². The molecule has 4 N–H and O–H groups in total. The van der Waals surface area contributed by atoms with Gasteiger partial charge in [-0.25, -0.2) is 4.39 Å². The summed E-state index contributed by atoms with van der Waals surface area (Å²) in [5, 5.41) is 19.7. The molecule has 0 aliphatic carbocycles. The molecule has 0 unspecified atom stereocenters. The molecule has 3 rings (SSSR count). The zero-order valence-corrected chi connectivity index (χ0v) is 13.0. The quantitative estimate of drug-likeness (QED) is 0.686. The first-order valence-electron chi connectivity index (χ1n) is 8.03. The number of piperazine rings is 1. The van der Waals surface area contributed by atoms with E-state index in [1.165, 1.54) is 12.1 Å². The Balaban J connectivity index is 1.63. The van der Waals surface area contributed by atoms with Crippen molar-refractivity contribution >= 4 is 5.69 Å². The van der Waals surface area contributed by atoms with Crippen molar-refractivity contribution in [1.82, 2.24) is 4.90 Å². The number of anilines is 1. The van der Waals surface area contributed by atoms with Crippen LogP contribution in [0.4, 0.5) is 10.1 Å². The fraction of sp³-hybridized carbons (Fsp3) is 0.625. The van der Waals surface area contributed by atoms with Crippen LogP contribution in [0.25, 0.3) is 0 Å². The predicted octanol–water partition coefficient (Wildman–Crippen LogP) is -0.604. The molecule has 6 nitrogen and oxygen atoms in total. The lowest BCUT2D eigenvalue weighted by atomic mass is 10.0. The Morgan fingerprint density at radius 1 is 1.13 bits per heavy atom. The van der Waals surface area contributed by atoms with E-state index in [2.05, 4.69) is 9.80 Å². The number of halogens is 1. The molecule has 128 valence electrons. The van der Waals surface area contributed by atoms with Crippen molar-refractivity contribution in [2.24, 2.45) is 5.73 Å². The number of hydrogen-bond acceptors (Lipinski definition) is 6. The summed E-state index contributed by atoms with van der Waals surface area (Å²) in [4.78, 5) is 4.37. The van der Waals surface area contributed by atoms with Gasteiger partial charge in [0.2, 0.25) is 0 Å². The molecule has 2 aliphatic rings. The summed E-state index contributed by atoms with van der Waals surface area (Å²) in [6, 6.07) is 6.30. The lowest BCUT2D eigenvalue weighted by Gasteiger charge is -2.41. The minimum atomic E-state index is -0.731. The van der Waals surface area contributed by atoms with Gasteiger partial charge in [0.15, 0.2) is 0 Å². The second kappa shape index (κ2) is 7.11. The van der Waals surface area contributed by atoms with E-state index in [1.807, 2.05) is 0 Å². The van der Waals surface area contributed by atoms with Gasteiger partial charge in [-0.05, 0) is 24.3 Å². The summed E-state index contributed by atoms with van der Waals surface area (Å²) >= 11 is 0. The molecule has 7 heteroatoms. The molecular weight excluding hydrogens is 301 g/mol. The van der Waals surface area contributed by atoms with Gasteiger partial charge in [-0.15, -0.1) is 0 Å². The lowest BCUT2D eigenvalue weighted by Crippen LogP contribution is -2.57. The number of nitrogens with zero attached hydrogens (tertiary/aromatic N) is 2. The molecule has 0 bridgehead atoms. The van der Waals surface area contributed by atoms with Crippen LogP contribution in [0.3, 0.4) is 0 Å². The van der Waals surface area contributed by atoms with Crippen molar-refractivity contribution < 1.29 is 19.3 Å². The Hall–Kier alpha value is -1.25. The maximum Gasteiger partial charge on any atom is 0.123 e. The highest BCUT2D eigenvalue weighted by Gasteiger charge is 2.46. The van der Waals surface area contributed by atoms with Crippen LogP contribution in [0.1, 0.15) is 0 Å². The van der Waals surface area contributed by atoms with Crippen molar-refractivity contribution in [1.29, 1.82) is 0 Å². The van der Waals surface area contributed by atoms with E-state index in [0.29, 0.717) is 6.54 Å². The van der Waals surface area contributed by atoms with E-state index in [-0.39, 0.29) is 24.6 Å². The minimum Gasteiger partial charge on any atom is -0.394 e. The Morgan fingerprint density at radius 3 is 2.35 bits per heavy atom. The molecule has 0 aromatic heterocycles. The number of ether oxygens (including phenoxy) is 1. The van der Waals surface area contributed by atoms with Crippen LogP contribution < -0.4 is 10.6 Å². The second-order valence-corrected chi connectivity index (χ2v) is 6.11. The largest absolute Gasteiger partial charge is 0.394 e. The van der Waals surface area contributed by atoms with Crippen molar-refractivity contribution in [3.63, 3.8) is 0 Å². The molecule has 0 radical (unpaired) electrons. The fourth-order valence-corrected chi connectivity index (χ4v) is 3.55. The summed E-state index contributed by atoms with van der Waals surface area (Å²) in [7, 11) is 0. The van der Waals surface area contributed by atoms with Gasteiger partial charge in [0.25, 0.3) is 0 Å². The van der Waals surface area contributed by atoms with Crippen LogP contribution in [0, 0.1) is 5.82 Å². The number of rotatable bonds is 4. The monoisotopic (exact) mass is 325 g/mol. The Morgan fingerprint density at radius 2 is 1.78 bits per heavy atom. The highest BCUT2D eigenvalue weighted by Crippen LogP contribution is 2.27. The van der Waals surface area contributed by atoms with E-state index in [1.54, 1.807) is 12.1 Å². The molecule has 2 heterocycles. The van der Waals surface area contributed by atoms with Crippen LogP contribution in [-0.2, 0) is 4.74 Å².